The topological polar surface area (TPSA) is 50.7 Å². The first kappa shape index (κ1) is 57.9. The first-order valence-electron chi connectivity index (χ1n) is 36.2. The molecule has 0 spiro atoms. The summed E-state index contributed by atoms with van der Waals surface area (Å²) in [6.07, 6.45) is 0. The molecule has 7 nitrogen and oxygen atoms in total. The van der Waals surface area contributed by atoms with Crippen LogP contribution in [0.3, 0.4) is 0 Å². The van der Waals surface area contributed by atoms with Gasteiger partial charge in [-0.25, -0.2) is 4.98 Å². The molecule has 0 saturated heterocycles. The zero-order valence-corrected chi connectivity index (χ0v) is 57.4. The van der Waals surface area contributed by atoms with E-state index in [1.807, 2.05) is 6.07 Å². The van der Waals surface area contributed by atoms with Crippen molar-refractivity contribution in [3.05, 3.63) is 351 Å². The van der Waals surface area contributed by atoms with E-state index in [0.717, 1.165) is 150 Å². The Hall–Kier alpha value is -13.8. The van der Waals surface area contributed by atoms with Crippen molar-refractivity contribution in [2.45, 2.75) is 19.3 Å². The predicted octanol–water partition coefficient (Wildman–Crippen LogP) is 25.8. The van der Waals surface area contributed by atoms with Crippen LogP contribution in [0.15, 0.2) is 344 Å². The summed E-state index contributed by atoms with van der Waals surface area (Å²) < 4.78 is 18.6. The van der Waals surface area contributed by atoms with Crippen molar-refractivity contribution in [3.63, 3.8) is 0 Å². The standard InChI is InChI=1S/C98H62N6O/c1-98(2)81-31-15-9-25-67(81)75-57-79-71-29-13-19-35-86(71)103(93(79)58-82(75)98)96-50-48-90(102-85-34-18-12-28-70(85)78-51-59(41-47-89(78)102)62-42-49-95-80(54-62)74-30-14-20-36-94(74)105-95)97(99-96)104-91-55-63(60-39-45-87-76(52-60)68-26-10-16-32-83(68)100(87)65-21-5-3-6-22-65)37-43-72(91)73-44-38-64(56-92(73)104)61-40-46-88-77(53-61)69-27-11-17-33-84(69)101(88)66-23-7-4-8-24-66/h3-58H,1-2H3. The third-order valence-corrected chi connectivity index (χ3v) is 23.1. The largest absolute Gasteiger partial charge is 0.456 e. The summed E-state index contributed by atoms with van der Waals surface area (Å²) in [7, 11) is 0. The minimum atomic E-state index is -0.230. The highest BCUT2D eigenvalue weighted by molar-refractivity contribution is 6.17. The third-order valence-electron chi connectivity index (χ3n) is 23.1. The zero-order valence-electron chi connectivity index (χ0n) is 57.4. The summed E-state index contributed by atoms with van der Waals surface area (Å²) in [6, 6.07) is 126. The highest BCUT2D eigenvalue weighted by atomic mass is 16.3. The second-order valence-electron chi connectivity index (χ2n) is 29.0. The van der Waals surface area contributed by atoms with E-state index in [9.17, 15) is 0 Å². The van der Waals surface area contributed by atoms with Crippen molar-refractivity contribution in [1.82, 2.24) is 27.8 Å². The van der Waals surface area contributed by atoms with Crippen LogP contribution in [0.5, 0.6) is 0 Å². The maximum atomic E-state index is 6.36. The molecular formula is C98H62N6O. The maximum Gasteiger partial charge on any atom is 0.164 e. The van der Waals surface area contributed by atoms with Crippen LogP contribution in [0.1, 0.15) is 25.0 Å². The average Bonchev–Trinajstić information content (AvgIpc) is 1.54. The van der Waals surface area contributed by atoms with Crippen LogP contribution in [0, 0.1) is 0 Å². The van der Waals surface area contributed by atoms with Gasteiger partial charge in [-0.05, 0) is 195 Å². The lowest BCUT2D eigenvalue weighted by atomic mass is 9.82. The second kappa shape index (κ2) is 21.6. The van der Waals surface area contributed by atoms with E-state index in [0.29, 0.717) is 0 Å². The van der Waals surface area contributed by atoms with Crippen molar-refractivity contribution in [3.8, 4) is 73.2 Å². The molecule has 22 aromatic rings. The summed E-state index contributed by atoms with van der Waals surface area (Å²) in [5.41, 5.74) is 27.9. The van der Waals surface area contributed by atoms with E-state index >= 15 is 0 Å². The van der Waals surface area contributed by atoms with Gasteiger partial charge in [-0.15, -0.1) is 0 Å². The van der Waals surface area contributed by atoms with Gasteiger partial charge in [0.05, 0.1) is 60.9 Å². The van der Waals surface area contributed by atoms with Gasteiger partial charge in [-0.1, -0.05) is 214 Å². The van der Waals surface area contributed by atoms with Crippen molar-refractivity contribution in [2.24, 2.45) is 0 Å². The molecule has 23 rings (SSSR count). The number of benzene rings is 15. The normalized spacial score (nSPS) is 12.9. The molecule has 7 heteroatoms. The fourth-order valence-electron chi connectivity index (χ4n) is 18.2. The highest BCUT2D eigenvalue weighted by Crippen LogP contribution is 2.52. The number of hydrogen-bond donors (Lipinski definition) is 0. The maximum absolute atomic E-state index is 6.36. The lowest BCUT2D eigenvalue weighted by Gasteiger charge is -2.22. The van der Waals surface area contributed by atoms with Gasteiger partial charge in [-0.3, -0.25) is 9.13 Å². The Morgan fingerprint density at radius 3 is 1.19 bits per heavy atom. The molecule has 0 bridgehead atoms. The fraction of sp³-hybridized carbons (Fsp3) is 0.0306. The van der Waals surface area contributed by atoms with Gasteiger partial charge in [0, 0.05) is 81.4 Å². The average molecular weight is 1340 g/mol. The molecule has 490 valence electrons. The molecule has 7 heterocycles. The van der Waals surface area contributed by atoms with Crippen LogP contribution in [0.2, 0.25) is 0 Å². The van der Waals surface area contributed by atoms with Crippen LogP contribution in [0.25, 0.3) is 204 Å². The summed E-state index contributed by atoms with van der Waals surface area (Å²) in [4.78, 5) is 6.32. The highest BCUT2D eigenvalue weighted by Gasteiger charge is 2.37. The van der Waals surface area contributed by atoms with E-state index in [-0.39, 0.29) is 5.41 Å². The summed E-state index contributed by atoms with van der Waals surface area (Å²) in [6.45, 7) is 4.76. The molecule has 105 heavy (non-hydrogen) atoms. The van der Waals surface area contributed by atoms with Gasteiger partial charge in [-0.2, -0.15) is 0 Å². The van der Waals surface area contributed by atoms with Gasteiger partial charge in [0.15, 0.2) is 5.82 Å². The molecule has 0 atom stereocenters. The Kier molecular flexibility index (Phi) is 11.9. The number of furan rings is 1. The minimum Gasteiger partial charge on any atom is -0.456 e. The van der Waals surface area contributed by atoms with Gasteiger partial charge in [0.2, 0.25) is 0 Å². The molecule has 0 amide bonds. The van der Waals surface area contributed by atoms with E-state index in [1.165, 1.54) is 65.6 Å². The molecule has 0 N–H and O–H groups in total. The van der Waals surface area contributed by atoms with Crippen molar-refractivity contribution >= 4 is 131 Å². The summed E-state index contributed by atoms with van der Waals surface area (Å²) >= 11 is 0. The number of para-hydroxylation sites is 7. The van der Waals surface area contributed by atoms with Gasteiger partial charge in [0.25, 0.3) is 0 Å². The first-order valence-corrected chi connectivity index (χ1v) is 36.2. The Morgan fingerprint density at radius 1 is 0.238 bits per heavy atom. The molecule has 0 radical (unpaired) electrons. The van der Waals surface area contributed by atoms with Crippen molar-refractivity contribution in [1.29, 1.82) is 0 Å². The van der Waals surface area contributed by atoms with E-state index in [1.54, 1.807) is 0 Å². The molecular weight excluding hydrogens is 1280 g/mol. The van der Waals surface area contributed by atoms with E-state index in [4.69, 9.17) is 9.40 Å². The van der Waals surface area contributed by atoms with Crippen LogP contribution in [0.4, 0.5) is 0 Å². The van der Waals surface area contributed by atoms with E-state index < -0.39 is 0 Å². The molecule has 0 unspecified atom stereocenters. The number of pyridine rings is 1. The quantitative estimate of drug-likeness (QED) is 0.152. The molecule has 7 aromatic heterocycles. The van der Waals surface area contributed by atoms with Gasteiger partial charge in [0.1, 0.15) is 17.0 Å². The molecule has 0 saturated carbocycles. The van der Waals surface area contributed by atoms with Crippen LogP contribution in [-0.4, -0.2) is 27.8 Å². The molecule has 1 aliphatic rings. The first-order chi connectivity index (χ1) is 51.8. The number of aromatic nitrogens is 6. The summed E-state index contributed by atoms with van der Waals surface area (Å²) in [5.74, 6) is 1.62. The fourth-order valence-corrected chi connectivity index (χ4v) is 18.2. The zero-order chi connectivity index (χ0) is 68.9. The Balaban J connectivity index is 0.811. The van der Waals surface area contributed by atoms with Crippen molar-refractivity contribution < 1.29 is 4.42 Å². The second-order valence-corrected chi connectivity index (χ2v) is 29.0. The predicted molar refractivity (Wildman–Crippen MR) is 437 cm³/mol. The SMILES string of the molecule is CC1(C)c2ccccc2-c2cc3c4ccccc4n(-c4ccc(-n5c6ccccc6c6cc(-c7ccc8oc9ccccc9c8c7)ccc65)c(-n5c6cc(-c7ccc8c(c7)c7ccccc7n8-c7ccccc7)ccc6c6ccc(-c7ccc8c(c7)c7ccccc7n8-c7ccccc7)cc65)n4)c3cc21. The van der Waals surface area contributed by atoms with Crippen LogP contribution >= 0.6 is 0 Å². The Bertz CT molecular complexity index is 7280. The molecule has 0 fully saturated rings. The monoisotopic (exact) mass is 1340 g/mol. The minimum absolute atomic E-state index is 0.230. The number of nitrogens with zero attached hydrogens (tertiary/aromatic N) is 6. The summed E-state index contributed by atoms with van der Waals surface area (Å²) in [5, 5.41) is 14.0. The van der Waals surface area contributed by atoms with Crippen LogP contribution in [-0.2, 0) is 5.41 Å². The lowest BCUT2D eigenvalue weighted by Crippen LogP contribution is -2.15. The number of fused-ring (bicyclic) bond motifs is 21. The molecule has 1 aliphatic carbocycles. The number of rotatable bonds is 8. The smallest absolute Gasteiger partial charge is 0.164 e. The number of hydrogen-bond acceptors (Lipinski definition) is 2. The third kappa shape index (κ3) is 8.29. The Labute approximate surface area is 602 Å². The van der Waals surface area contributed by atoms with Gasteiger partial charge < -0.3 is 18.1 Å². The van der Waals surface area contributed by atoms with Crippen LogP contribution < -0.4 is 0 Å². The van der Waals surface area contributed by atoms with E-state index in [2.05, 4.69) is 370 Å². The van der Waals surface area contributed by atoms with Crippen molar-refractivity contribution in [2.75, 3.05) is 0 Å². The lowest BCUT2D eigenvalue weighted by molar-refractivity contribution is 0.661. The Morgan fingerprint density at radius 2 is 0.629 bits per heavy atom. The molecule has 0 aliphatic heterocycles. The molecule has 15 aromatic carbocycles. The van der Waals surface area contributed by atoms with Gasteiger partial charge >= 0.3 is 0 Å².